The summed E-state index contributed by atoms with van der Waals surface area (Å²) in [5.41, 5.74) is 0.453. The largest absolute Gasteiger partial charge is 0.481 e. The van der Waals surface area contributed by atoms with Crippen LogP contribution in [0.3, 0.4) is 0 Å². The SMILES string of the molecule is CC(Oc1ccc(C#N)cc1)C(=O)NCC(O)C(F)F. The van der Waals surface area contributed by atoms with E-state index in [2.05, 4.69) is 5.32 Å². The van der Waals surface area contributed by atoms with Crippen molar-refractivity contribution in [3.63, 3.8) is 0 Å². The summed E-state index contributed by atoms with van der Waals surface area (Å²) in [4.78, 5) is 11.6. The Labute approximate surface area is 114 Å². The van der Waals surface area contributed by atoms with Crippen LogP contribution in [-0.2, 0) is 4.79 Å². The number of carbonyl (C=O) groups is 1. The number of ether oxygens (including phenoxy) is 1. The predicted molar refractivity (Wildman–Crippen MR) is 66.3 cm³/mol. The monoisotopic (exact) mass is 284 g/mol. The van der Waals surface area contributed by atoms with Gasteiger partial charge >= 0.3 is 0 Å². The first-order chi connectivity index (χ1) is 9.43. The van der Waals surface area contributed by atoms with Crippen molar-refractivity contribution in [1.82, 2.24) is 5.32 Å². The van der Waals surface area contributed by atoms with Crippen LogP contribution >= 0.6 is 0 Å². The minimum absolute atomic E-state index is 0.376. The summed E-state index contributed by atoms with van der Waals surface area (Å²) in [6, 6.07) is 8.04. The second kappa shape index (κ2) is 7.40. The van der Waals surface area contributed by atoms with E-state index in [0.29, 0.717) is 11.3 Å². The van der Waals surface area contributed by atoms with Crippen molar-refractivity contribution in [3.05, 3.63) is 29.8 Å². The molecule has 7 heteroatoms. The van der Waals surface area contributed by atoms with E-state index < -0.39 is 31.1 Å². The van der Waals surface area contributed by atoms with E-state index in [1.165, 1.54) is 31.2 Å². The number of amides is 1. The first-order valence-corrected chi connectivity index (χ1v) is 5.84. The number of carbonyl (C=O) groups excluding carboxylic acids is 1. The van der Waals surface area contributed by atoms with Crippen molar-refractivity contribution in [3.8, 4) is 11.8 Å². The van der Waals surface area contributed by atoms with Crippen molar-refractivity contribution in [2.45, 2.75) is 25.6 Å². The van der Waals surface area contributed by atoms with Gasteiger partial charge in [0.25, 0.3) is 12.3 Å². The average Bonchev–Trinajstić information content (AvgIpc) is 2.44. The van der Waals surface area contributed by atoms with Gasteiger partial charge in [0.05, 0.1) is 11.6 Å². The number of halogens is 2. The van der Waals surface area contributed by atoms with Gasteiger partial charge in [0.2, 0.25) is 0 Å². The van der Waals surface area contributed by atoms with Gasteiger partial charge in [-0.1, -0.05) is 0 Å². The molecule has 0 aliphatic carbocycles. The van der Waals surface area contributed by atoms with Gasteiger partial charge in [0, 0.05) is 6.54 Å². The Morgan fingerprint density at radius 2 is 2.05 bits per heavy atom. The minimum Gasteiger partial charge on any atom is -0.481 e. The maximum Gasteiger partial charge on any atom is 0.265 e. The van der Waals surface area contributed by atoms with Crippen LogP contribution in [0.1, 0.15) is 12.5 Å². The molecule has 0 aliphatic heterocycles. The Hall–Kier alpha value is -2.20. The van der Waals surface area contributed by atoms with Crippen molar-refractivity contribution in [2.24, 2.45) is 0 Å². The molecule has 0 aliphatic rings. The Bertz CT molecular complexity index is 485. The van der Waals surface area contributed by atoms with E-state index in [1.807, 2.05) is 6.07 Å². The van der Waals surface area contributed by atoms with Crippen molar-refractivity contribution in [1.29, 1.82) is 5.26 Å². The Balaban J connectivity index is 2.47. The number of hydrogen-bond acceptors (Lipinski definition) is 4. The van der Waals surface area contributed by atoms with Crippen LogP contribution in [0.25, 0.3) is 0 Å². The van der Waals surface area contributed by atoms with Gasteiger partial charge in [-0.15, -0.1) is 0 Å². The summed E-state index contributed by atoms with van der Waals surface area (Å²) in [6.45, 7) is 0.903. The van der Waals surface area contributed by atoms with Crippen molar-refractivity contribution < 1.29 is 23.4 Å². The zero-order valence-electron chi connectivity index (χ0n) is 10.7. The fraction of sp³-hybridized carbons (Fsp3) is 0.385. The highest BCUT2D eigenvalue weighted by atomic mass is 19.3. The van der Waals surface area contributed by atoms with E-state index in [0.717, 1.165) is 0 Å². The molecule has 0 aromatic heterocycles. The molecule has 2 unspecified atom stereocenters. The van der Waals surface area contributed by atoms with Crippen molar-refractivity contribution in [2.75, 3.05) is 6.54 Å². The smallest absolute Gasteiger partial charge is 0.265 e. The summed E-state index contributed by atoms with van der Waals surface area (Å²) < 4.78 is 29.4. The van der Waals surface area contributed by atoms with Gasteiger partial charge in [-0.25, -0.2) is 8.78 Å². The molecule has 0 radical (unpaired) electrons. The van der Waals surface area contributed by atoms with Crippen LogP contribution in [0.4, 0.5) is 8.78 Å². The molecule has 2 atom stereocenters. The molecule has 2 N–H and O–H groups in total. The van der Waals surface area contributed by atoms with Gasteiger partial charge in [0.15, 0.2) is 6.10 Å². The lowest BCUT2D eigenvalue weighted by atomic mass is 10.2. The molecule has 0 saturated heterocycles. The molecule has 20 heavy (non-hydrogen) atoms. The van der Waals surface area contributed by atoms with Crippen molar-refractivity contribution >= 4 is 5.91 Å². The Kier molecular flexibility index (Phi) is 5.87. The molecule has 0 saturated carbocycles. The third-order valence-corrected chi connectivity index (χ3v) is 2.44. The zero-order chi connectivity index (χ0) is 15.1. The molecule has 1 rings (SSSR count). The second-order valence-corrected chi connectivity index (χ2v) is 4.04. The van der Waals surface area contributed by atoms with E-state index in [-0.39, 0.29) is 0 Å². The Morgan fingerprint density at radius 1 is 1.45 bits per heavy atom. The molecule has 1 amide bonds. The number of nitriles is 1. The molecule has 5 nitrogen and oxygen atoms in total. The van der Waals surface area contributed by atoms with Crippen LogP contribution in [0.2, 0.25) is 0 Å². The molecule has 108 valence electrons. The standard InChI is InChI=1S/C13H14F2N2O3/c1-8(13(19)17-7-11(18)12(14)15)20-10-4-2-9(6-16)3-5-10/h2-5,8,11-12,18H,7H2,1H3,(H,17,19). The first kappa shape index (κ1) is 15.9. The molecular weight excluding hydrogens is 270 g/mol. The summed E-state index contributed by atoms with van der Waals surface area (Å²) in [5.74, 6) is -0.241. The third-order valence-electron chi connectivity index (χ3n) is 2.44. The molecular formula is C13H14F2N2O3. The predicted octanol–water partition coefficient (Wildman–Crippen LogP) is 1.07. The number of aliphatic hydroxyl groups excluding tert-OH is 1. The first-order valence-electron chi connectivity index (χ1n) is 5.84. The number of hydrogen-bond donors (Lipinski definition) is 2. The number of rotatable bonds is 6. The van der Waals surface area contributed by atoms with Crippen LogP contribution in [0.15, 0.2) is 24.3 Å². The number of nitrogens with one attached hydrogen (secondary N) is 1. The Morgan fingerprint density at radius 3 is 2.55 bits per heavy atom. The maximum absolute atomic E-state index is 12.0. The van der Waals surface area contributed by atoms with Crippen LogP contribution in [0.5, 0.6) is 5.75 Å². The number of benzene rings is 1. The van der Waals surface area contributed by atoms with Gasteiger partial charge < -0.3 is 15.2 Å². The van der Waals surface area contributed by atoms with Gasteiger partial charge in [-0.2, -0.15) is 5.26 Å². The average molecular weight is 284 g/mol. The summed E-state index contributed by atoms with van der Waals surface area (Å²) in [6.07, 6.45) is -5.72. The lowest BCUT2D eigenvalue weighted by Crippen LogP contribution is -2.42. The third kappa shape index (κ3) is 4.82. The minimum atomic E-state index is -2.91. The zero-order valence-corrected chi connectivity index (χ0v) is 10.7. The van der Waals surface area contributed by atoms with E-state index in [9.17, 15) is 13.6 Å². The van der Waals surface area contributed by atoms with E-state index in [4.69, 9.17) is 15.1 Å². The van der Waals surface area contributed by atoms with Crippen LogP contribution < -0.4 is 10.1 Å². The van der Waals surface area contributed by atoms with Crippen LogP contribution in [0, 0.1) is 11.3 Å². The molecule has 1 aromatic carbocycles. The number of aliphatic hydroxyl groups is 1. The highest BCUT2D eigenvalue weighted by Crippen LogP contribution is 2.13. The summed E-state index contributed by atoms with van der Waals surface area (Å²) in [5, 5.41) is 19.7. The fourth-order valence-corrected chi connectivity index (χ4v) is 1.30. The van der Waals surface area contributed by atoms with E-state index in [1.54, 1.807) is 0 Å². The lowest BCUT2D eigenvalue weighted by Gasteiger charge is -2.16. The molecule has 0 heterocycles. The summed E-state index contributed by atoms with van der Waals surface area (Å²) in [7, 11) is 0. The quantitative estimate of drug-likeness (QED) is 0.818. The number of nitrogens with zero attached hydrogens (tertiary/aromatic N) is 1. The highest BCUT2D eigenvalue weighted by Gasteiger charge is 2.20. The van der Waals surface area contributed by atoms with E-state index >= 15 is 0 Å². The van der Waals surface area contributed by atoms with Gasteiger partial charge in [-0.05, 0) is 31.2 Å². The lowest BCUT2D eigenvalue weighted by molar-refractivity contribution is -0.128. The number of alkyl halides is 2. The van der Waals surface area contributed by atoms with Gasteiger partial charge in [-0.3, -0.25) is 4.79 Å². The highest BCUT2D eigenvalue weighted by molar-refractivity contribution is 5.80. The molecule has 1 aromatic rings. The molecule has 0 spiro atoms. The topological polar surface area (TPSA) is 82.3 Å². The van der Waals surface area contributed by atoms with Gasteiger partial charge in [0.1, 0.15) is 11.9 Å². The maximum atomic E-state index is 12.0. The summed E-state index contributed by atoms with van der Waals surface area (Å²) >= 11 is 0. The second-order valence-electron chi connectivity index (χ2n) is 4.04. The van der Waals surface area contributed by atoms with Crippen LogP contribution in [-0.4, -0.2) is 36.2 Å². The molecule has 0 bridgehead atoms. The normalized spacial score (nSPS) is 13.4. The fourth-order valence-electron chi connectivity index (χ4n) is 1.30. The molecule has 0 fully saturated rings.